The molecule has 1 nitrogen and oxygen atoms in total. The number of aliphatic hydroxyl groups is 1. The zero-order valence-electron chi connectivity index (χ0n) is 16.1. The van der Waals surface area contributed by atoms with Crippen molar-refractivity contribution in [1.82, 2.24) is 0 Å². The summed E-state index contributed by atoms with van der Waals surface area (Å²) in [5.41, 5.74) is 0.242. The van der Waals surface area contributed by atoms with Gasteiger partial charge in [0, 0.05) is 4.88 Å². The highest BCUT2D eigenvalue weighted by molar-refractivity contribution is 7.09. The molecule has 1 heterocycles. The van der Waals surface area contributed by atoms with Gasteiger partial charge in [0.05, 0.1) is 6.10 Å². The van der Waals surface area contributed by atoms with E-state index in [4.69, 9.17) is 0 Å². The molecule has 2 aliphatic rings. The van der Waals surface area contributed by atoms with Gasteiger partial charge in [0.15, 0.2) is 0 Å². The van der Waals surface area contributed by atoms with Crippen LogP contribution in [0.2, 0.25) is 0 Å². The normalized spacial score (nSPS) is 29.8. The molecule has 1 aromatic heterocycles. The van der Waals surface area contributed by atoms with E-state index in [1.165, 1.54) is 56.2 Å². The van der Waals surface area contributed by atoms with Gasteiger partial charge in [0.2, 0.25) is 0 Å². The molecular weight excluding hydrogens is 324 g/mol. The first-order chi connectivity index (χ1) is 12.1. The minimum absolute atomic E-state index is 0.128. The summed E-state index contributed by atoms with van der Waals surface area (Å²) in [5.74, 6) is 2.39. The van der Waals surface area contributed by atoms with Crippen LogP contribution in [-0.4, -0.2) is 11.2 Å². The van der Waals surface area contributed by atoms with Crippen LogP contribution in [-0.2, 0) is 6.42 Å². The highest BCUT2D eigenvalue weighted by atomic mass is 32.1. The number of hydrogen-bond donors (Lipinski definition) is 1. The van der Waals surface area contributed by atoms with E-state index >= 15 is 0 Å². The van der Waals surface area contributed by atoms with Gasteiger partial charge in [-0.25, -0.2) is 0 Å². The Morgan fingerprint density at radius 3 is 2.84 bits per heavy atom. The lowest BCUT2D eigenvalue weighted by Crippen LogP contribution is -2.40. The molecule has 0 radical (unpaired) electrons. The third-order valence-electron chi connectivity index (χ3n) is 7.25. The van der Waals surface area contributed by atoms with E-state index in [2.05, 4.69) is 43.5 Å². The fourth-order valence-corrected chi connectivity index (χ4v) is 5.92. The van der Waals surface area contributed by atoms with E-state index in [1.807, 2.05) is 11.3 Å². The van der Waals surface area contributed by atoms with E-state index in [9.17, 15) is 5.11 Å². The van der Waals surface area contributed by atoms with Crippen molar-refractivity contribution in [3.8, 4) is 0 Å². The van der Waals surface area contributed by atoms with Crippen molar-refractivity contribution < 1.29 is 5.11 Å². The molecule has 2 saturated carbocycles. The molecule has 140 valence electrons. The van der Waals surface area contributed by atoms with Crippen molar-refractivity contribution >= 4 is 11.3 Å². The van der Waals surface area contributed by atoms with Crippen LogP contribution in [0.5, 0.6) is 0 Å². The molecule has 2 heteroatoms. The second-order valence-electron chi connectivity index (χ2n) is 8.61. The molecule has 25 heavy (non-hydrogen) atoms. The van der Waals surface area contributed by atoms with Gasteiger partial charge in [-0.1, -0.05) is 38.5 Å². The lowest BCUT2D eigenvalue weighted by Gasteiger charge is -2.45. The molecule has 1 aromatic rings. The van der Waals surface area contributed by atoms with Crippen LogP contribution >= 0.6 is 11.3 Å². The predicted molar refractivity (Wildman–Crippen MR) is 109 cm³/mol. The van der Waals surface area contributed by atoms with Crippen LogP contribution in [0.25, 0.3) is 0 Å². The topological polar surface area (TPSA) is 20.2 Å². The number of thiophene rings is 1. The molecule has 0 spiro atoms. The van der Waals surface area contributed by atoms with Gasteiger partial charge >= 0.3 is 0 Å². The monoisotopic (exact) mass is 360 g/mol. The van der Waals surface area contributed by atoms with Crippen molar-refractivity contribution in [2.45, 2.75) is 84.2 Å². The average Bonchev–Trinajstić information content (AvgIpc) is 3.19. The number of aliphatic hydroxyl groups excluding tert-OH is 1. The zero-order valence-corrected chi connectivity index (χ0v) is 16.9. The molecule has 0 bridgehead atoms. The van der Waals surface area contributed by atoms with E-state index < -0.39 is 0 Å². The molecule has 0 aromatic carbocycles. The van der Waals surface area contributed by atoms with Crippen molar-refractivity contribution in [3.05, 3.63) is 34.5 Å². The third kappa shape index (κ3) is 4.57. The number of hydrogen-bond acceptors (Lipinski definition) is 2. The lowest BCUT2D eigenvalue weighted by molar-refractivity contribution is -0.0355. The molecular formula is C23H36OS. The first-order valence-electron chi connectivity index (χ1n) is 10.5. The predicted octanol–water partition coefficient (Wildman–Crippen LogP) is 6.62. The number of allylic oxidation sites excluding steroid dienone is 1. The molecule has 2 aliphatic carbocycles. The fourth-order valence-electron chi connectivity index (χ4n) is 5.17. The van der Waals surface area contributed by atoms with Gasteiger partial charge in [-0.05, 0) is 92.4 Å². The SMILES string of the molecule is CCC1(C(O)C/C=C/[C@H]2C(C)CC[C@@H]2CCCc2cccs2)CCC1. The molecule has 2 unspecified atom stereocenters. The minimum Gasteiger partial charge on any atom is -0.392 e. The fraction of sp³-hybridized carbons (Fsp3) is 0.739. The van der Waals surface area contributed by atoms with Crippen molar-refractivity contribution in [1.29, 1.82) is 0 Å². The molecule has 4 atom stereocenters. The second-order valence-corrected chi connectivity index (χ2v) is 9.65. The zero-order chi connectivity index (χ0) is 17.7. The Bertz CT molecular complexity index is 523. The summed E-state index contributed by atoms with van der Waals surface area (Å²) < 4.78 is 0. The Balaban J connectivity index is 1.46. The van der Waals surface area contributed by atoms with Gasteiger partial charge in [-0.15, -0.1) is 11.3 Å². The standard InChI is InChI=1S/C23H36OS/c1-3-23(15-7-16-23)22(24)12-5-11-21-18(2)13-14-19(21)8-4-9-20-10-6-17-25-20/h5-6,10-11,17-19,21-22,24H,3-4,7-9,12-16H2,1-2H3/b11-5+/t18?,19-,21-,22?/m0/s1. The first-order valence-corrected chi connectivity index (χ1v) is 11.4. The summed E-state index contributed by atoms with van der Waals surface area (Å²) in [6.07, 6.45) is 17.1. The van der Waals surface area contributed by atoms with Crippen molar-refractivity contribution in [3.63, 3.8) is 0 Å². The molecule has 2 fully saturated rings. The summed E-state index contributed by atoms with van der Waals surface area (Å²) >= 11 is 1.89. The Labute approximate surface area is 158 Å². The Kier molecular flexibility index (Phi) is 6.79. The molecule has 1 N–H and O–H groups in total. The van der Waals surface area contributed by atoms with Crippen LogP contribution < -0.4 is 0 Å². The second kappa shape index (κ2) is 8.86. The summed E-state index contributed by atoms with van der Waals surface area (Å²) in [4.78, 5) is 1.53. The van der Waals surface area contributed by atoms with E-state index in [1.54, 1.807) is 0 Å². The van der Waals surface area contributed by atoms with Gasteiger partial charge in [-0.2, -0.15) is 0 Å². The van der Waals surface area contributed by atoms with Gasteiger partial charge < -0.3 is 5.11 Å². The molecule has 3 rings (SSSR count). The largest absolute Gasteiger partial charge is 0.392 e. The van der Waals surface area contributed by atoms with Crippen LogP contribution in [0.1, 0.15) is 76.5 Å². The lowest BCUT2D eigenvalue weighted by atomic mass is 9.63. The molecule has 0 saturated heterocycles. The van der Waals surface area contributed by atoms with E-state index in [0.717, 1.165) is 30.6 Å². The summed E-state index contributed by atoms with van der Waals surface area (Å²) in [6.45, 7) is 4.67. The minimum atomic E-state index is -0.128. The highest BCUT2D eigenvalue weighted by Crippen LogP contribution is 2.48. The molecule has 0 amide bonds. The van der Waals surface area contributed by atoms with E-state index in [-0.39, 0.29) is 11.5 Å². The smallest absolute Gasteiger partial charge is 0.0630 e. The Hall–Kier alpha value is -0.600. The maximum absolute atomic E-state index is 10.6. The van der Waals surface area contributed by atoms with Crippen molar-refractivity contribution in [2.24, 2.45) is 23.2 Å². The Morgan fingerprint density at radius 2 is 2.20 bits per heavy atom. The summed E-state index contributed by atoms with van der Waals surface area (Å²) in [5, 5.41) is 12.8. The summed E-state index contributed by atoms with van der Waals surface area (Å²) in [6, 6.07) is 4.43. The van der Waals surface area contributed by atoms with Gasteiger partial charge in [0.25, 0.3) is 0 Å². The maximum atomic E-state index is 10.6. The quantitative estimate of drug-likeness (QED) is 0.491. The van der Waals surface area contributed by atoms with Gasteiger partial charge in [0.1, 0.15) is 0 Å². The molecule has 0 aliphatic heterocycles. The van der Waals surface area contributed by atoms with Gasteiger partial charge in [-0.3, -0.25) is 0 Å². The first kappa shape index (κ1) is 19.2. The van der Waals surface area contributed by atoms with Crippen LogP contribution in [0.15, 0.2) is 29.7 Å². The average molecular weight is 361 g/mol. The number of aryl methyl sites for hydroxylation is 1. The van der Waals surface area contributed by atoms with E-state index in [0.29, 0.717) is 0 Å². The maximum Gasteiger partial charge on any atom is 0.0630 e. The van der Waals surface area contributed by atoms with Crippen LogP contribution in [0.3, 0.4) is 0 Å². The third-order valence-corrected chi connectivity index (χ3v) is 8.19. The summed E-state index contributed by atoms with van der Waals surface area (Å²) in [7, 11) is 0. The van der Waals surface area contributed by atoms with Crippen LogP contribution in [0.4, 0.5) is 0 Å². The van der Waals surface area contributed by atoms with Crippen LogP contribution in [0, 0.1) is 23.2 Å². The number of rotatable bonds is 9. The Morgan fingerprint density at radius 1 is 1.36 bits per heavy atom. The highest BCUT2D eigenvalue weighted by Gasteiger charge is 2.41. The van der Waals surface area contributed by atoms with Crippen molar-refractivity contribution in [2.75, 3.05) is 0 Å².